The third-order valence-electron chi connectivity index (χ3n) is 4.69. The highest BCUT2D eigenvalue weighted by Gasteiger charge is 2.26. The van der Waals surface area contributed by atoms with Crippen molar-refractivity contribution in [1.82, 2.24) is 14.5 Å². The molecule has 4 rings (SSSR count). The molecule has 1 aliphatic rings. The van der Waals surface area contributed by atoms with Gasteiger partial charge in [-0.3, -0.25) is 4.79 Å². The van der Waals surface area contributed by atoms with Crippen LogP contribution in [0.4, 0.5) is 0 Å². The van der Waals surface area contributed by atoms with Crippen LogP contribution in [0.2, 0.25) is 5.02 Å². The zero-order valence-corrected chi connectivity index (χ0v) is 17.4. The van der Waals surface area contributed by atoms with E-state index in [4.69, 9.17) is 11.6 Å². The van der Waals surface area contributed by atoms with Crippen LogP contribution in [-0.2, 0) is 0 Å². The van der Waals surface area contributed by atoms with Gasteiger partial charge in [-0.05, 0) is 37.1 Å². The van der Waals surface area contributed by atoms with Gasteiger partial charge in [0.2, 0.25) is 0 Å². The highest BCUT2D eigenvalue weighted by atomic mass is 35.5. The predicted octanol–water partition coefficient (Wildman–Crippen LogP) is 5.22. The number of hydrogen-bond donors (Lipinski definition) is 0. The zero-order chi connectivity index (χ0) is 18.8. The lowest BCUT2D eigenvalue weighted by molar-refractivity contribution is 0.0770. The molecule has 1 aliphatic heterocycles. The molecule has 1 saturated heterocycles. The molecule has 7 heteroatoms. The zero-order valence-electron chi connectivity index (χ0n) is 15.0. The molecule has 3 heterocycles. The number of aromatic nitrogens is 2. The minimum absolute atomic E-state index is 0.0869. The smallest absolute Gasteiger partial charge is 0.265 e. The van der Waals surface area contributed by atoms with Crippen LogP contribution in [0.1, 0.15) is 32.6 Å². The van der Waals surface area contributed by atoms with Crippen molar-refractivity contribution in [2.75, 3.05) is 18.8 Å². The summed E-state index contributed by atoms with van der Waals surface area (Å²) in [6, 6.07) is 11.9. The van der Waals surface area contributed by atoms with Crippen LogP contribution >= 0.6 is 34.7 Å². The Morgan fingerprint density at radius 3 is 2.74 bits per heavy atom. The Balaban J connectivity index is 1.50. The van der Waals surface area contributed by atoms with Gasteiger partial charge in [-0.25, -0.2) is 4.98 Å². The number of nitrogens with zero attached hydrogens (tertiary/aromatic N) is 3. The number of benzene rings is 1. The minimum Gasteiger partial charge on any atom is -0.337 e. The Bertz CT molecular complexity index is 939. The average Bonchev–Trinajstić information content (AvgIpc) is 3.26. The van der Waals surface area contributed by atoms with Crippen molar-refractivity contribution in [2.45, 2.75) is 18.6 Å². The second kappa shape index (κ2) is 8.09. The average molecular weight is 418 g/mol. The fourth-order valence-electron chi connectivity index (χ4n) is 3.25. The quantitative estimate of drug-likeness (QED) is 0.586. The van der Waals surface area contributed by atoms with E-state index in [-0.39, 0.29) is 5.91 Å². The largest absolute Gasteiger partial charge is 0.337 e. The van der Waals surface area contributed by atoms with E-state index >= 15 is 0 Å². The highest BCUT2D eigenvalue weighted by molar-refractivity contribution is 7.99. The summed E-state index contributed by atoms with van der Waals surface area (Å²) in [5.74, 6) is 0.994. The van der Waals surface area contributed by atoms with Crippen LogP contribution in [-0.4, -0.2) is 39.2 Å². The van der Waals surface area contributed by atoms with Crippen molar-refractivity contribution < 1.29 is 4.79 Å². The van der Waals surface area contributed by atoms with Crippen LogP contribution in [0.25, 0.3) is 5.13 Å². The van der Waals surface area contributed by atoms with Crippen molar-refractivity contribution in [1.29, 1.82) is 0 Å². The number of aryl methyl sites for hydroxylation is 1. The number of carbonyl (C=O) groups is 1. The molecule has 1 atom stereocenters. The lowest BCUT2D eigenvalue weighted by Gasteiger charge is -2.20. The standard InChI is InChI=1S/C20H20ClN3OS2/c1-14-18(27-20(22-14)24-9-4-5-10-24)19(25)23-11-8-17(26-13-12-23)15-6-2-3-7-16(15)21/h2-7,9-10,17H,8,11-13H2,1H3. The maximum absolute atomic E-state index is 13.1. The summed E-state index contributed by atoms with van der Waals surface area (Å²) in [5.41, 5.74) is 1.97. The first kappa shape index (κ1) is 18.6. The molecule has 0 bridgehead atoms. The van der Waals surface area contributed by atoms with Crippen molar-refractivity contribution in [3.05, 3.63) is 69.9 Å². The Labute approximate surface area is 172 Å². The normalized spacial score (nSPS) is 17.7. The molecule has 1 fully saturated rings. The van der Waals surface area contributed by atoms with Gasteiger partial charge in [-0.2, -0.15) is 11.8 Å². The summed E-state index contributed by atoms with van der Waals surface area (Å²) in [6.45, 7) is 3.40. The number of hydrogen-bond acceptors (Lipinski definition) is 4. The molecule has 1 amide bonds. The number of carbonyl (C=O) groups excluding carboxylic acids is 1. The molecule has 0 radical (unpaired) electrons. The molecule has 0 spiro atoms. The summed E-state index contributed by atoms with van der Waals surface area (Å²) in [6.07, 6.45) is 4.80. The number of thioether (sulfide) groups is 1. The van der Waals surface area contributed by atoms with Gasteiger partial charge < -0.3 is 9.47 Å². The number of thiazole rings is 1. The van der Waals surface area contributed by atoms with E-state index < -0.39 is 0 Å². The topological polar surface area (TPSA) is 38.1 Å². The molecular formula is C20H20ClN3OS2. The summed E-state index contributed by atoms with van der Waals surface area (Å²) in [5, 5.41) is 1.97. The lowest BCUT2D eigenvalue weighted by atomic mass is 10.1. The fourth-order valence-corrected chi connectivity index (χ4v) is 5.86. The first-order valence-electron chi connectivity index (χ1n) is 8.89. The first-order chi connectivity index (χ1) is 13.1. The molecule has 3 aromatic rings. The third-order valence-corrected chi connectivity index (χ3v) is 7.50. The van der Waals surface area contributed by atoms with Crippen molar-refractivity contribution in [3.8, 4) is 5.13 Å². The van der Waals surface area contributed by atoms with E-state index in [9.17, 15) is 4.79 Å². The van der Waals surface area contributed by atoms with Crippen molar-refractivity contribution in [2.24, 2.45) is 0 Å². The summed E-state index contributed by atoms with van der Waals surface area (Å²) in [4.78, 5) is 20.4. The van der Waals surface area contributed by atoms with E-state index in [1.165, 1.54) is 16.9 Å². The van der Waals surface area contributed by atoms with Gasteiger partial charge >= 0.3 is 0 Å². The minimum atomic E-state index is 0.0869. The maximum atomic E-state index is 13.1. The number of amides is 1. The van der Waals surface area contributed by atoms with Gasteiger partial charge in [0.15, 0.2) is 5.13 Å². The molecular weight excluding hydrogens is 398 g/mol. The molecule has 1 aromatic carbocycles. The van der Waals surface area contributed by atoms with Gasteiger partial charge in [-0.1, -0.05) is 41.1 Å². The maximum Gasteiger partial charge on any atom is 0.265 e. The van der Waals surface area contributed by atoms with Crippen LogP contribution < -0.4 is 0 Å². The van der Waals surface area contributed by atoms with E-state index in [0.29, 0.717) is 5.25 Å². The second-order valence-electron chi connectivity index (χ2n) is 6.46. The van der Waals surface area contributed by atoms with Crippen LogP contribution in [0.5, 0.6) is 0 Å². The number of rotatable bonds is 3. The van der Waals surface area contributed by atoms with Crippen molar-refractivity contribution >= 4 is 40.6 Å². The fraction of sp³-hybridized carbons (Fsp3) is 0.300. The Morgan fingerprint density at radius 2 is 1.96 bits per heavy atom. The molecule has 0 N–H and O–H groups in total. The summed E-state index contributed by atoms with van der Waals surface area (Å²) in [7, 11) is 0. The Hall–Kier alpha value is -1.76. The first-order valence-corrected chi connectivity index (χ1v) is 11.1. The highest BCUT2D eigenvalue weighted by Crippen LogP contribution is 2.38. The molecule has 27 heavy (non-hydrogen) atoms. The molecule has 1 unspecified atom stereocenters. The monoisotopic (exact) mass is 417 g/mol. The lowest BCUT2D eigenvalue weighted by Crippen LogP contribution is -2.32. The van der Waals surface area contributed by atoms with E-state index in [1.807, 2.05) is 70.9 Å². The number of halogens is 1. The van der Waals surface area contributed by atoms with Crippen LogP contribution in [0.15, 0.2) is 48.8 Å². The van der Waals surface area contributed by atoms with E-state index in [0.717, 1.165) is 46.0 Å². The van der Waals surface area contributed by atoms with Gasteiger partial charge in [0.1, 0.15) is 4.88 Å². The van der Waals surface area contributed by atoms with Gasteiger partial charge in [0.05, 0.1) is 5.69 Å². The second-order valence-corrected chi connectivity index (χ2v) is 9.16. The molecule has 2 aromatic heterocycles. The molecule has 4 nitrogen and oxygen atoms in total. The Morgan fingerprint density at radius 1 is 1.19 bits per heavy atom. The summed E-state index contributed by atoms with van der Waals surface area (Å²) < 4.78 is 1.94. The van der Waals surface area contributed by atoms with Crippen LogP contribution in [0, 0.1) is 6.92 Å². The van der Waals surface area contributed by atoms with Crippen molar-refractivity contribution in [3.63, 3.8) is 0 Å². The van der Waals surface area contributed by atoms with E-state index in [1.54, 1.807) is 0 Å². The predicted molar refractivity (Wildman–Crippen MR) is 113 cm³/mol. The van der Waals surface area contributed by atoms with Gasteiger partial charge in [-0.15, -0.1) is 0 Å². The van der Waals surface area contributed by atoms with Gasteiger partial charge in [0, 0.05) is 41.5 Å². The molecule has 140 valence electrons. The molecule has 0 saturated carbocycles. The van der Waals surface area contributed by atoms with Gasteiger partial charge in [0.25, 0.3) is 5.91 Å². The molecule has 0 aliphatic carbocycles. The summed E-state index contributed by atoms with van der Waals surface area (Å²) >= 11 is 9.71. The van der Waals surface area contributed by atoms with E-state index in [2.05, 4.69) is 11.1 Å². The Kier molecular flexibility index (Phi) is 5.57. The van der Waals surface area contributed by atoms with Crippen LogP contribution in [0.3, 0.4) is 0 Å². The third kappa shape index (κ3) is 3.93. The SMILES string of the molecule is Cc1nc(-n2cccc2)sc1C(=O)N1CCSC(c2ccccc2Cl)CC1.